The Labute approximate surface area is 195 Å². The van der Waals surface area contributed by atoms with Crippen LogP contribution in [0, 0.1) is 10.1 Å². The highest BCUT2D eigenvalue weighted by molar-refractivity contribution is 14.0. The third-order valence-electron chi connectivity index (χ3n) is 3.84. The lowest BCUT2D eigenvalue weighted by molar-refractivity contribution is -0.384. The van der Waals surface area contributed by atoms with Crippen molar-refractivity contribution in [2.45, 2.75) is 13.1 Å². The van der Waals surface area contributed by atoms with Crippen molar-refractivity contribution < 1.29 is 9.72 Å². The van der Waals surface area contributed by atoms with Crippen molar-refractivity contribution in [2.75, 3.05) is 27.7 Å². The van der Waals surface area contributed by atoms with E-state index in [-0.39, 0.29) is 42.1 Å². The number of benzene rings is 1. The van der Waals surface area contributed by atoms with Crippen molar-refractivity contribution in [1.82, 2.24) is 15.1 Å². The van der Waals surface area contributed by atoms with Crippen molar-refractivity contribution in [2.24, 2.45) is 4.99 Å². The minimum atomic E-state index is -0.438. The third kappa shape index (κ3) is 8.15. The zero-order valence-corrected chi connectivity index (χ0v) is 20.2. The highest BCUT2D eigenvalue weighted by atomic mass is 127. The molecule has 0 aliphatic carbocycles. The average Bonchev–Trinajstić information content (AvgIpc) is 3.06. The van der Waals surface area contributed by atoms with Crippen LogP contribution in [0.4, 0.5) is 5.69 Å². The van der Waals surface area contributed by atoms with Gasteiger partial charge in [0.25, 0.3) is 5.69 Å². The fraction of sp³-hybridized carbons (Fsp3) is 0.333. The quantitative estimate of drug-likeness (QED) is 0.187. The van der Waals surface area contributed by atoms with E-state index in [9.17, 15) is 14.9 Å². The molecule has 1 N–H and O–H groups in total. The second-order valence-corrected chi connectivity index (χ2v) is 8.07. The molecule has 0 aliphatic rings. The van der Waals surface area contributed by atoms with Gasteiger partial charge in [-0.25, -0.2) is 4.99 Å². The molecule has 2 rings (SSSR count). The van der Waals surface area contributed by atoms with Gasteiger partial charge in [-0.05, 0) is 17.7 Å². The summed E-state index contributed by atoms with van der Waals surface area (Å²) in [6.45, 7) is 1.02. The molecule has 0 unspecified atom stereocenters. The number of nitrogens with one attached hydrogen (secondary N) is 1. The van der Waals surface area contributed by atoms with Crippen LogP contribution in [0.1, 0.15) is 10.4 Å². The van der Waals surface area contributed by atoms with Crippen LogP contribution >= 0.6 is 46.9 Å². The van der Waals surface area contributed by atoms with Gasteiger partial charge in [0.15, 0.2) is 5.96 Å². The minimum Gasteiger partial charge on any atom is -0.347 e. The first-order valence-corrected chi connectivity index (χ1v) is 9.63. The number of nitro benzene ring substituents is 1. The zero-order chi connectivity index (χ0) is 20.7. The van der Waals surface area contributed by atoms with E-state index >= 15 is 0 Å². The molecule has 0 fully saturated rings. The molecular weight excluding hydrogens is 529 g/mol. The molecule has 0 bridgehead atoms. The maximum atomic E-state index is 11.9. The van der Waals surface area contributed by atoms with Crippen molar-refractivity contribution in [3.8, 4) is 0 Å². The molecule has 2 aromatic rings. The summed E-state index contributed by atoms with van der Waals surface area (Å²) in [5, 5.41) is 13.8. The molecule has 158 valence electrons. The fourth-order valence-electron chi connectivity index (χ4n) is 2.26. The van der Waals surface area contributed by atoms with Gasteiger partial charge >= 0.3 is 0 Å². The first kappa shape index (κ1) is 25.1. The van der Waals surface area contributed by atoms with Gasteiger partial charge < -0.3 is 15.1 Å². The van der Waals surface area contributed by atoms with Crippen molar-refractivity contribution in [1.29, 1.82) is 0 Å². The van der Waals surface area contributed by atoms with Crippen LogP contribution in [-0.4, -0.2) is 54.3 Å². The maximum Gasteiger partial charge on any atom is 0.269 e. The first-order chi connectivity index (χ1) is 13.3. The Kier molecular flexibility index (Phi) is 10.3. The number of nitrogens with zero attached hydrogens (tertiary/aromatic N) is 4. The molecule has 0 aliphatic heterocycles. The number of halogens is 2. The summed E-state index contributed by atoms with van der Waals surface area (Å²) in [6, 6.07) is 10.0. The molecule has 11 heteroatoms. The number of likely N-dealkylation sites (N-methyl/N-ethyl adjacent to an activating group) is 1. The minimum absolute atomic E-state index is 0. The van der Waals surface area contributed by atoms with Gasteiger partial charge in [-0.3, -0.25) is 14.9 Å². The summed E-state index contributed by atoms with van der Waals surface area (Å²) in [7, 11) is 5.25. The number of nitro groups is 1. The van der Waals surface area contributed by atoms with Gasteiger partial charge in [0.2, 0.25) is 5.91 Å². The number of amides is 1. The number of carbonyl (C=O) groups excluding carboxylic acids is 1. The summed E-state index contributed by atoms with van der Waals surface area (Å²) < 4.78 is 0.712. The van der Waals surface area contributed by atoms with Crippen molar-refractivity contribution in [3.05, 3.63) is 61.3 Å². The first-order valence-electron chi connectivity index (χ1n) is 8.43. The largest absolute Gasteiger partial charge is 0.347 e. The number of hydrogen-bond donors (Lipinski definition) is 1. The van der Waals surface area contributed by atoms with Gasteiger partial charge in [-0.2, -0.15) is 0 Å². The smallest absolute Gasteiger partial charge is 0.269 e. The highest BCUT2D eigenvalue weighted by Gasteiger charge is 2.12. The standard InChI is InChI=1S/C18H22ClN5O3S.HI/c1-22(2)17(25)11-21-18(23(3)12-15-8-9-16(19)28-15)20-10-13-4-6-14(7-5-13)24(26)27;/h4-9H,10-12H2,1-3H3,(H,20,21);1H. The number of aliphatic imine (C=N–C) groups is 1. The summed E-state index contributed by atoms with van der Waals surface area (Å²) in [5.74, 6) is 0.480. The van der Waals surface area contributed by atoms with Gasteiger partial charge in [0.1, 0.15) is 0 Å². The van der Waals surface area contributed by atoms with Crippen molar-refractivity contribution >= 4 is 64.5 Å². The van der Waals surface area contributed by atoms with Crippen LogP contribution in [0.3, 0.4) is 0 Å². The lowest BCUT2D eigenvalue weighted by Crippen LogP contribution is -2.43. The van der Waals surface area contributed by atoms with E-state index in [2.05, 4.69) is 10.3 Å². The number of carbonyl (C=O) groups is 1. The summed E-state index contributed by atoms with van der Waals surface area (Å²) in [4.78, 5) is 31.3. The SMILES string of the molecule is CN(C)C(=O)CNC(=NCc1ccc([N+](=O)[O-])cc1)N(C)Cc1ccc(Cl)s1.I. The van der Waals surface area contributed by atoms with Crippen LogP contribution < -0.4 is 5.32 Å². The van der Waals surface area contributed by atoms with Gasteiger partial charge in [0.05, 0.1) is 28.9 Å². The molecule has 8 nitrogen and oxygen atoms in total. The third-order valence-corrected chi connectivity index (χ3v) is 5.05. The molecule has 0 atom stereocenters. The number of hydrogen-bond acceptors (Lipinski definition) is 5. The predicted molar refractivity (Wildman–Crippen MR) is 127 cm³/mol. The van der Waals surface area contributed by atoms with Crippen LogP contribution in [0.2, 0.25) is 4.34 Å². The molecule has 1 aromatic heterocycles. The Hall–Kier alpha value is -1.92. The monoisotopic (exact) mass is 551 g/mol. The van der Waals surface area contributed by atoms with Crippen LogP contribution in [0.15, 0.2) is 41.4 Å². The number of guanidine groups is 1. The Morgan fingerprint density at radius 1 is 1.21 bits per heavy atom. The summed E-state index contributed by atoms with van der Waals surface area (Å²) >= 11 is 7.48. The molecule has 0 spiro atoms. The van der Waals surface area contributed by atoms with Gasteiger partial charge in [-0.1, -0.05) is 23.7 Å². The van der Waals surface area contributed by atoms with E-state index in [4.69, 9.17) is 11.6 Å². The van der Waals surface area contributed by atoms with Crippen LogP contribution in [0.5, 0.6) is 0 Å². The molecule has 29 heavy (non-hydrogen) atoms. The van der Waals surface area contributed by atoms with Gasteiger partial charge in [-0.15, -0.1) is 35.3 Å². The second kappa shape index (κ2) is 11.9. The number of non-ortho nitro benzene ring substituents is 1. The Bertz CT molecular complexity index is 857. The van der Waals surface area contributed by atoms with E-state index in [0.29, 0.717) is 23.4 Å². The highest BCUT2D eigenvalue weighted by Crippen LogP contribution is 2.22. The Balaban J connectivity index is 0.00000420. The summed E-state index contributed by atoms with van der Waals surface area (Å²) in [6.07, 6.45) is 0. The van der Waals surface area contributed by atoms with E-state index in [1.54, 1.807) is 26.2 Å². The van der Waals surface area contributed by atoms with E-state index in [0.717, 1.165) is 10.4 Å². The molecule has 0 saturated carbocycles. The predicted octanol–water partition coefficient (Wildman–Crippen LogP) is 3.59. The molecule has 1 heterocycles. The summed E-state index contributed by atoms with van der Waals surface area (Å²) in [5.41, 5.74) is 0.866. The normalized spacial score (nSPS) is 10.8. The number of thiophene rings is 1. The molecule has 0 radical (unpaired) electrons. The van der Waals surface area contributed by atoms with E-state index in [1.807, 2.05) is 24.1 Å². The molecule has 1 aromatic carbocycles. The average molecular weight is 552 g/mol. The lowest BCUT2D eigenvalue weighted by Gasteiger charge is -2.22. The number of rotatable bonds is 7. The van der Waals surface area contributed by atoms with Crippen molar-refractivity contribution in [3.63, 3.8) is 0 Å². The van der Waals surface area contributed by atoms with E-state index in [1.165, 1.54) is 28.4 Å². The van der Waals surface area contributed by atoms with Gasteiger partial charge in [0, 0.05) is 38.2 Å². The maximum absolute atomic E-state index is 11.9. The Morgan fingerprint density at radius 2 is 1.86 bits per heavy atom. The lowest BCUT2D eigenvalue weighted by atomic mass is 10.2. The van der Waals surface area contributed by atoms with Crippen LogP contribution in [0.25, 0.3) is 0 Å². The molecule has 0 saturated heterocycles. The zero-order valence-electron chi connectivity index (χ0n) is 16.3. The topological polar surface area (TPSA) is 91.1 Å². The second-order valence-electron chi connectivity index (χ2n) is 6.27. The Morgan fingerprint density at radius 3 is 2.38 bits per heavy atom. The molecular formula is C18H23ClIN5O3S. The fourth-order valence-corrected chi connectivity index (χ4v) is 3.40. The molecule has 1 amide bonds. The van der Waals surface area contributed by atoms with E-state index < -0.39 is 4.92 Å². The van der Waals surface area contributed by atoms with Crippen LogP contribution in [-0.2, 0) is 17.9 Å².